The Kier molecular flexibility index (Phi) is 9.99. The van der Waals surface area contributed by atoms with Gasteiger partial charge in [-0.3, -0.25) is 9.32 Å². The number of carbonyl (C=O) groups excluding carboxylic acids is 1. The number of carbonyl (C=O) groups is 1. The summed E-state index contributed by atoms with van der Waals surface area (Å²) in [4.78, 5) is 29.3. The van der Waals surface area contributed by atoms with E-state index < -0.39 is 26.3 Å². The molecule has 0 saturated heterocycles. The van der Waals surface area contributed by atoms with E-state index in [0.29, 0.717) is 5.57 Å². The maximum atomic E-state index is 12.1. The Morgan fingerprint density at radius 2 is 1.62 bits per heavy atom. The molecule has 21 heavy (non-hydrogen) atoms. The second-order valence-corrected chi connectivity index (χ2v) is 6.34. The minimum Gasteiger partial charge on any atom is -0.382 e. The number of allylic oxidation sites excluding steroid dienone is 1. The van der Waals surface area contributed by atoms with Crippen LogP contribution in [0.25, 0.3) is 0 Å². The van der Waals surface area contributed by atoms with Crippen molar-refractivity contribution in [3.63, 3.8) is 0 Å². The van der Waals surface area contributed by atoms with Crippen LogP contribution in [0.15, 0.2) is 11.1 Å². The molecule has 0 aliphatic rings. The first-order valence-corrected chi connectivity index (χ1v) is 8.86. The number of Topliss-reactive ketones (excluding diaryl/α,β-unsaturated/α-hetero) is 1. The van der Waals surface area contributed by atoms with Crippen molar-refractivity contribution >= 4 is 13.6 Å². The minimum absolute atomic E-state index is 0.485. The number of unbranched alkanes of at least 4 members (excludes halogenated alkanes) is 2. The molecule has 0 aromatic rings. The first kappa shape index (κ1) is 20.5. The van der Waals surface area contributed by atoms with Gasteiger partial charge in [0.15, 0.2) is 5.78 Å². The summed E-state index contributed by atoms with van der Waals surface area (Å²) in [5.74, 6) is -0.523. The van der Waals surface area contributed by atoms with E-state index in [0.717, 1.165) is 44.1 Å². The summed E-state index contributed by atoms with van der Waals surface area (Å²) in [6.07, 6.45) is 4.04. The summed E-state index contributed by atoms with van der Waals surface area (Å²) in [5.41, 5.74) is 1.50. The third-order valence-electron chi connectivity index (χ3n) is 3.27. The van der Waals surface area contributed by atoms with Crippen LogP contribution in [0.3, 0.4) is 0 Å². The van der Waals surface area contributed by atoms with Crippen molar-refractivity contribution in [2.24, 2.45) is 0 Å². The molecule has 0 spiro atoms. The van der Waals surface area contributed by atoms with E-state index in [4.69, 9.17) is 9.79 Å². The van der Waals surface area contributed by atoms with Crippen LogP contribution in [0.2, 0.25) is 0 Å². The average molecular weight is 322 g/mol. The molecular formula is C14H27O6P. The lowest BCUT2D eigenvalue weighted by molar-refractivity contribution is -0.124. The van der Waals surface area contributed by atoms with Crippen LogP contribution >= 0.6 is 7.82 Å². The van der Waals surface area contributed by atoms with Gasteiger partial charge in [0, 0.05) is 0 Å². The normalized spacial score (nSPS) is 13.0. The number of ketones is 1. The van der Waals surface area contributed by atoms with E-state index in [-0.39, 0.29) is 0 Å². The Balaban J connectivity index is 4.83. The van der Waals surface area contributed by atoms with Crippen molar-refractivity contribution in [2.45, 2.75) is 65.4 Å². The standard InChI is InChI=1S/C14H27O6P/c1-4-6-8-12(9-7-5-2)11(3)14(16)13(15)10-20-21(17,18)19/h13,15H,4-10H2,1-3H3,(H2,17,18,19). The maximum absolute atomic E-state index is 12.1. The highest BCUT2D eigenvalue weighted by Gasteiger charge is 2.23. The second-order valence-electron chi connectivity index (χ2n) is 5.10. The summed E-state index contributed by atoms with van der Waals surface area (Å²) >= 11 is 0. The van der Waals surface area contributed by atoms with Gasteiger partial charge in [-0.25, -0.2) is 4.57 Å². The fourth-order valence-electron chi connectivity index (χ4n) is 1.95. The maximum Gasteiger partial charge on any atom is 0.469 e. The number of phosphoric acid groups is 1. The largest absolute Gasteiger partial charge is 0.469 e. The summed E-state index contributed by atoms with van der Waals surface area (Å²) in [7, 11) is -4.68. The number of phosphoric ester groups is 1. The zero-order chi connectivity index (χ0) is 16.5. The predicted molar refractivity (Wildman–Crippen MR) is 80.8 cm³/mol. The zero-order valence-electron chi connectivity index (χ0n) is 13.0. The number of hydrogen-bond acceptors (Lipinski definition) is 4. The van der Waals surface area contributed by atoms with Crippen LogP contribution in [-0.4, -0.2) is 33.4 Å². The summed E-state index contributed by atoms with van der Waals surface area (Å²) in [6.45, 7) is 5.09. The van der Waals surface area contributed by atoms with Gasteiger partial charge >= 0.3 is 7.82 Å². The highest BCUT2D eigenvalue weighted by Crippen LogP contribution is 2.35. The van der Waals surface area contributed by atoms with Crippen molar-refractivity contribution in [1.82, 2.24) is 0 Å². The molecular weight excluding hydrogens is 295 g/mol. The zero-order valence-corrected chi connectivity index (χ0v) is 13.9. The van der Waals surface area contributed by atoms with Crippen molar-refractivity contribution in [3.05, 3.63) is 11.1 Å². The molecule has 0 radical (unpaired) electrons. The molecule has 0 aliphatic carbocycles. The third-order valence-corrected chi connectivity index (χ3v) is 3.75. The molecule has 0 saturated carbocycles. The fraction of sp³-hybridized carbons (Fsp3) is 0.786. The molecule has 0 aromatic carbocycles. The van der Waals surface area contributed by atoms with E-state index in [2.05, 4.69) is 18.4 Å². The van der Waals surface area contributed by atoms with Gasteiger partial charge in [0.05, 0.1) is 6.61 Å². The van der Waals surface area contributed by atoms with Gasteiger partial charge in [0.2, 0.25) is 0 Å². The molecule has 0 amide bonds. The Morgan fingerprint density at radius 1 is 1.14 bits per heavy atom. The number of hydrogen-bond donors (Lipinski definition) is 3. The average Bonchev–Trinajstić information content (AvgIpc) is 2.42. The van der Waals surface area contributed by atoms with Gasteiger partial charge in [-0.2, -0.15) is 0 Å². The molecule has 1 atom stereocenters. The van der Waals surface area contributed by atoms with Crippen LogP contribution in [0.5, 0.6) is 0 Å². The SMILES string of the molecule is CCCCC(CCCC)=C(C)C(=O)C(O)COP(=O)(O)O. The van der Waals surface area contributed by atoms with E-state index in [1.54, 1.807) is 6.92 Å². The predicted octanol–water partition coefficient (Wildman–Crippen LogP) is 2.72. The first-order chi connectivity index (χ1) is 9.72. The Morgan fingerprint density at radius 3 is 2.00 bits per heavy atom. The molecule has 0 fully saturated rings. The topological polar surface area (TPSA) is 104 Å². The van der Waals surface area contributed by atoms with Crippen molar-refractivity contribution in [1.29, 1.82) is 0 Å². The first-order valence-electron chi connectivity index (χ1n) is 7.33. The van der Waals surface area contributed by atoms with Crippen LogP contribution in [0.1, 0.15) is 59.3 Å². The summed E-state index contributed by atoms with van der Waals surface area (Å²) in [5, 5.41) is 9.70. The molecule has 0 aromatic heterocycles. The van der Waals surface area contributed by atoms with Gasteiger partial charge in [-0.15, -0.1) is 0 Å². The minimum atomic E-state index is -4.68. The third kappa shape index (κ3) is 9.17. The highest BCUT2D eigenvalue weighted by molar-refractivity contribution is 7.46. The molecule has 6 nitrogen and oxygen atoms in total. The molecule has 0 heterocycles. The number of aliphatic hydroxyl groups excluding tert-OH is 1. The lowest BCUT2D eigenvalue weighted by Crippen LogP contribution is -2.27. The Labute approximate surface area is 126 Å². The van der Waals surface area contributed by atoms with Gasteiger partial charge in [0.1, 0.15) is 6.10 Å². The van der Waals surface area contributed by atoms with E-state index in [9.17, 15) is 14.5 Å². The van der Waals surface area contributed by atoms with Gasteiger partial charge < -0.3 is 14.9 Å². The highest BCUT2D eigenvalue weighted by atomic mass is 31.2. The summed E-state index contributed by atoms with van der Waals surface area (Å²) < 4.78 is 14.8. The van der Waals surface area contributed by atoms with Gasteiger partial charge in [-0.05, 0) is 38.2 Å². The molecule has 0 rings (SSSR count). The van der Waals surface area contributed by atoms with Crippen molar-refractivity contribution in [3.8, 4) is 0 Å². The Bertz CT molecular complexity index is 388. The molecule has 3 N–H and O–H groups in total. The van der Waals surface area contributed by atoms with E-state index in [1.807, 2.05) is 0 Å². The van der Waals surface area contributed by atoms with Crippen LogP contribution in [0.4, 0.5) is 0 Å². The van der Waals surface area contributed by atoms with Gasteiger partial charge in [-0.1, -0.05) is 32.3 Å². The summed E-state index contributed by atoms with van der Waals surface area (Å²) in [6, 6.07) is 0. The molecule has 1 unspecified atom stereocenters. The van der Waals surface area contributed by atoms with Crippen molar-refractivity contribution < 1.29 is 28.8 Å². The Hall–Kier alpha value is -0.520. The van der Waals surface area contributed by atoms with Gasteiger partial charge in [0.25, 0.3) is 0 Å². The molecule has 124 valence electrons. The fourth-order valence-corrected chi connectivity index (χ4v) is 2.28. The lowest BCUT2D eigenvalue weighted by Gasteiger charge is -2.15. The monoisotopic (exact) mass is 322 g/mol. The number of aliphatic hydroxyl groups is 1. The molecule has 0 bridgehead atoms. The quantitative estimate of drug-likeness (QED) is 0.399. The van der Waals surface area contributed by atoms with Crippen molar-refractivity contribution in [2.75, 3.05) is 6.61 Å². The van der Waals surface area contributed by atoms with E-state index in [1.165, 1.54) is 0 Å². The number of rotatable bonds is 11. The molecule has 0 aliphatic heterocycles. The molecule has 7 heteroatoms. The second kappa shape index (κ2) is 10.2. The van der Waals surface area contributed by atoms with Crippen LogP contribution in [0, 0.1) is 0 Å². The van der Waals surface area contributed by atoms with Crippen LogP contribution < -0.4 is 0 Å². The lowest BCUT2D eigenvalue weighted by atomic mass is 9.94. The van der Waals surface area contributed by atoms with Crippen LogP contribution in [-0.2, 0) is 13.9 Å². The smallest absolute Gasteiger partial charge is 0.382 e. The van der Waals surface area contributed by atoms with E-state index >= 15 is 0 Å².